The van der Waals surface area contributed by atoms with E-state index in [2.05, 4.69) is 5.32 Å². The maximum Gasteiger partial charge on any atom is 0.312 e. The predicted octanol–water partition coefficient (Wildman–Crippen LogP) is -2.19. The summed E-state index contributed by atoms with van der Waals surface area (Å²) < 4.78 is 21.8. The maximum absolute atomic E-state index is 10.9. The number of amides is 2. The zero-order valence-corrected chi connectivity index (χ0v) is 7.04. The topological polar surface area (TPSA) is 109 Å². The minimum absolute atomic E-state index is 0.239. The first-order valence-corrected chi connectivity index (χ1v) is 5.17. The summed E-state index contributed by atoms with van der Waals surface area (Å²) in [5.74, 6) is -0.547. The molecule has 0 aromatic heterocycles. The van der Waals surface area contributed by atoms with Crippen LogP contribution >= 0.6 is 0 Å². The average molecular weight is 194 g/mol. The van der Waals surface area contributed by atoms with Crippen LogP contribution in [0.25, 0.3) is 0 Å². The molecule has 0 unspecified atom stereocenters. The van der Waals surface area contributed by atoms with Crippen LogP contribution in [0.5, 0.6) is 0 Å². The SMILES string of the molecule is NC(=O)N[C@@H]1CS(=O)(=O)C[C@H]1O. The third-order valence-corrected chi connectivity index (χ3v) is 3.37. The molecule has 2 amide bonds. The second kappa shape index (κ2) is 2.91. The molecular formula is C5H10N2O4S. The van der Waals surface area contributed by atoms with Gasteiger partial charge in [-0.3, -0.25) is 0 Å². The Hall–Kier alpha value is -0.820. The molecule has 70 valence electrons. The van der Waals surface area contributed by atoms with E-state index in [1.165, 1.54) is 0 Å². The molecule has 2 atom stereocenters. The van der Waals surface area contributed by atoms with Gasteiger partial charge in [0.05, 0.1) is 23.7 Å². The first-order valence-electron chi connectivity index (χ1n) is 3.35. The van der Waals surface area contributed by atoms with Crippen LogP contribution in [-0.4, -0.2) is 43.2 Å². The number of hydrogen-bond donors (Lipinski definition) is 3. The number of carbonyl (C=O) groups is 1. The van der Waals surface area contributed by atoms with E-state index >= 15 is 0 Å². The fourth-order valence-electron chi connectivity index (χ4n) is 1.15. The minimum Gasteiger partial charge on any atom is -0.390 e. The van der Waals surface area contributed by atoms with Gasteiger partial charge in [0.2, 0.25) is 0 Å². The number of hydrogen-bond acceptors (Lipinski definition) is 4. The fraction of sp³-hybridized carbons (Fsp3) is 0.800. The molecule has 1 saturated heterocycles. The number of aliphatic hydroxyl groups excluding tert-OH is 1. The first-order chi connectivity index (χ1) is 5.41. The van der Waals surface area contributed by atoms with Gasteiger partial charge in [-0.25, -0.2) is 13.2 Å². The molecule has 0 aromatic rings. The van der Waals surface area contributed by atoms with Gasteiger partial charge in [0, 0.05) is 0 Å². The molecule has 1 rings (SSSR count). The van der Waals surface area contributed by atoms with Gasteiger partial charge in [-0.1, -0.05) is 0 Å². The minimum atomic E-state index is -3.21. The van der Waals surface area contributed by atoms with Crippen LogP contribution < -0.4 is 11.1 Å². The van der Waals surface area contributed by atoms with E-state index in [0.717, 1.165) is 0 Å². The normalized spacial score (nSPS) is 33.1. The number of urea groups is 1. The van der Waals surface area contributed by atoms with Crippen LogP contribution in [-0.2, 0) is 9.84 Å². The lowest BCUT2D eigenvalue weighted by Crippen LogP contribution is -2.45. The van der Waals surface area contributed by atoms with Gasteiger partial charge in [-0.05, 0) is 0 Å². The molecule has 12 heavy (non-hydrogen) atoms. The molecule has 7 heteroatoms. The zero-order chi connectivity index (χ0) is 9.35. The molecule has 0 aromatic carbocycles. The van der Waals surface area contributed by atoms with Crippen molar-refractivity contribution >= 4 is 15.9 Å². The lowest BCUT2D eigenvalue weighted by atomic mass is 10.2. The van der Waals surface area contributed by atoms with E-state index in [-0.39, 0.29) is 11.5 Å². The highest BCUT2D eigenvalue weighted by molar-refractivity contribution is 7.91. The number of carbonyl (C=O) groups excluding carboxylic acids is 1. The molecule has 1 heterocycles. The van der Waals surface area contributed by atoms with E-state index < -0.39 is 28.0 Å². The molecule has 0 radical (unpaired) electrons. The Morgan fingerprint density at radius 1 is 1.50 bits per heavy atom. The molecule has 1 aliphatic heterocycles. The van der Waals surface area contributed by atoms with Crippen molar-refractivity contribution in [3.63, 3.8) is 0 Å². The number of nitrogens with two attached hydrogens (primary N) is 1. The van der Waals surface area contributed by atoms with Gasteiger partial charge in [0.15, 0.2) is 9.84 Å². The summed E-state index contributed by atoms with van der Waals surface area (Å²) in [6, 6.07) is -1.58. The van der Waals surface area contributed by atoms with Crippen molar-refractivity contribution in [2.75, 3.05) is 11.5 Å². The summed E-state index contributed by atoms with van der Waals surface area (Å²) in [6.45, 7) is 0. The number of rotatable bonds is 1. The van der Waals surface area contributed by atoms with Crippen LogP contribution in [0.4, 0.5) is 4.79 Å². The molecular weight excluding hydrogens is 184 g/mol. The van der Waals surface area contributed by atoms with E-state index in [1.807, 2.05) is 0 Å². The second-order valence-electron chi connectivity index (χ2n) is 2.76. The Kier molecular flexibility index (Phi) is 2.25. The predicted molar refractivity (Wildman–Crippen MR) is 41.2 cm³/mol. The summed E-state index contributed by atoms with van der Waals surface area (Å²) in [6.07, 6.45) is -1.04. The summed E-state index contributed by atoms with van der Waals surface area (Å²) in [7, 11) is -3.21. The zero-order valence-electron chi connectivity index (χ0n) is 6.23. The highest BCUT2D eigenvalue weighted by Gasteiger charge is 2.36. The van der Waals surface area contributed by atoms with Gasteiger partial charge in [0.25, 0.3) is 0 Å². The number of aliphatic hydroxyl groups is 1. The van der Waals surface area contributed by atoms with Crippen molar-refractivity contribution in [2.45, 2.75) is 12.1 Å². The summed E-state index contributed by atoms with van der Waals surface area (Å²) >= 11 is 0. The molecule has 0 bridgehead atoms. The van der Waals surface area contributed by atoms with Crippen molar-refractivity contribution < 1.29 is 18.3 Å². The monoisotopic (exact) mass is 194 g/mol. The highest BCUT2D eigenvalue weighted by atomic mass is 32.2. The van der Waals surface area contributed by atoms with Crippen LogP contribution in [0, 0.1) is 0 Å². The lowest BCUT2D eigenvalue weighted by molar-refractivity contribution is 0.166. The molecule has 0 aliphatic carbocycles. The van der Waals surface area contributed by atoms with Gasteiger partial charge >= 0.3 is 6.03 Å². The number of nitrogens with one attached hydrogen (secondary N) is 1. The Morgan fingerprint density at radius 3 is 2.42 bits per heavy atom. The third-order valence-electron chi connectivity index (χ3n) is 1.65. The Morgan fingerprint density at radius 2 is 2.08 bits per heavy atom. The first kappa shape index (κ1) is 9.27. The summed E-state index contributed by atoms with van der Waals surface area (Å²) in [5.41, 5.74) is 4.77. The molecule has 0 spiro atoms. The van der Waals surface area contributed by atoms with Gasteiger partial charge in [-0.15, -0.1) is 0 Å². The van der Waals surface area contributed by atoms with E-state index in [1.54, 1.807) is 0 Å². The van der Waals surface area contributed by atoms with Gasteiger partial charge in [-0.2, -0.15) is 0 Å². The molecule has 1 aliphatic rings. The fourth-order valence-corrected chi connectivity index (χ4v) is 2.89. The van der Waals surface area contributed by atoms with Crippen LogP contribution in [0.3, 0.4) is 0 Å². The lowest BCUT2D eigenvalue weighted by Gasteiger charge is -2.11. The second-order valence-corrected chi connectivity index (χ2v) is 4.91. The van der Waals surface area contributed by atoms with Crippen molar-refractivity contribution in [1.82, 2.24) is 5.32 Å². The largest absolute Gasteiger partial charge is 0.390 e. The highest BCUT2D eigenvalue weighted by Crippen LogP contribution is 2.11. The Balaban J connectivity index is 2.64. The molecule has 4 N–H and O–H groups in total. The third kappa shape index (κ3) is 2.08. The number of sulfone groups is 1. The molecule has 1 fully saturated rings. The standard InChI is InChI=1S/C5H10N2O4S/c6-5(9)7-3-1-12(10,11)2-4(3)8/h3-4,8H,1-2H2,(H3,6,7,9)/t3-,4-/m1/s1. The summed E-state index contributed by atoms with van der Waals surface area (Å²) in [5, 5.41) is 11.3. The van der Waals surface area contributed by atoms with E-state index in [0.29, 0.717) is 0 Å². The molecule has 0 saturated carbocycles. The van der Waals surface area contributed by atoms with Crippen molar-refractivity contribution in [1.29, 1.82) is 0 Å². The quantitative estimate of drug-likeness (QED) is 0.440. The van der Waals surface area contributed by atoms with Crippen LogP contribution in [0.2, 0.25) is 0 Å². The van der Waals surface area contributed by atoms with Crippen molar-refractivity contribution in [3.8, 4) is 0 Å². The van der Waals surface area contributed by atoms with Crippen molar-refractivity contribution in [2.24, 2.45) is 5.73 Å². The smallest absolute Gasteiger partial charge is 0.312 e. The maximum atomic E-state index is 10.9. The van der Waals surface area contributed by atoms with Crippen molar-refractivity contribution in [3.05, 3.63) is 0 Å². The van der Waals surface area contributed by atoms with Crippen LogP contribution in [0.1, 0.15) is 0 Å². The molecule has 6 nitrogen and oxygen atoms in total. The Bertz CT molecular complexity index is 286. The van der Waals surface area contributed by atoms with Gasteiger partial charge < -0.3 is 16.2 Å². The van der Waals surface area contributed by atoms with E-state index in [4.69, 9.17) is 10.8 Å². The average Bonchev–Trinajstić information content (AvgIpc) is 2.03. The van der Waals surface area contributed by atoms with Gasteiger partial charge in [0.1, 0.15) is 0 Å². The van der Waals surface area contributed by atoms with E-state index in [9.17, 15) is 13.2 Å². The summed E-state index contributed by atoms with van der Waals surface area (Å²) in [4.78, 5) is 10.3. The Labute approximate surface area is 69.7 Å². The van der Waals surface area contributed by atoms with Crippen LogP contribution in [0.15, 0.2) is 0 Å². The number of primary amides is 1.